The molecule has 0 spiro atoms. The quantitative estimate of drug-likeness (QED) is 0.822. The Labute approximate surface area is 132 Å². The number of nitrogens with one attached hydrogen (secondary N) is 2. The summed E-state index contributed by atoms with van der Waals surface area (Å²) in [6.45, 7) is 6.71. The number of hydrogen-bond acceptors (Lipinski definition) is 2. The predicted molar refractivity (Wildman–Crippen MR) is 93.6 cm³/mol. The van der Waals surface area contributed by atoms with Crippen LogP contribution in [0, 0.1) is 13.8 Å². The van der Waals surface area contributed by atoms with Crippen LogP contribution in [0.3, 0.4) is 0 Å². The molecule has 22 heavy (non-hydrogen) atoms. The van der Waals surface area contributed by atoms with Crippen LogP contribution in [0.5, 0.6) is 0 Å². The first-order valence-corrected chi connectivity index (χ1v) is 8.42. The fraction of sp³-hybridized carbons (Fsp3) is 0.400. The molecule has 0 saturated carbocycles. The maximum atomic E-state index is 3.78. The zero-order valence-corrected chi connectivity index (χ0v) is 13.4. The van der Waals surface area contributed by atoms with Gasteiger partial charge in [0.2, 0.25) is 0 Å². The average Bonchev–Trinajstić information content (AvgIpc) is 2.72. The third-order valence-corrected chi connectivity index (χ3v) is 5.46. The van der Waals surface area contributed by atoms with Crippen molar-refractivity contribution in [2.24, 2.45) is 0 Å². The van der Waals surface area contributed by atoms with E-state index >= 15 is 0 Å². The summed E-state index contributed by atoms with van der Waals surface area (Å²) in [5.41, 5.74) is 8.52. The molecule has 2 N–H and O–H groups in total. The number of benzene rings is 2. The van der Waals surface area contributed by atoms with E-state index in [1.54, 1.807) is 5.56 Å². The number of anilines is 1. The summed E-state index contributed by atoms with van der Waals surface area (Å²) in [5, 5.41) is 7.33. The fourth-order valence-electron chi connectivity index (χ4n) is 4.13. The van der Waals surface area contributed by atoms with Crippen molar-refractivity contribution in [2.75, 3.05) is 18.4 Å². The lowest BCUT2D eigenvalue weighted by Crippen LogP contribution is -2.21. The molecule has 2 atom stereocenters. The van der Waals surface area contributed by atoms with E-state index in [1.807, 2.05) is 0 Å². The lowest BCUT2D eigenvalue weighted by Gasteiger charge is -2.19. The molecule has 2 heterocycles. The topological polar surface area (TPSA) is 24.1 Å². The Balaban J connectivity index is 1.87. The van der Waals surface area contributed by atoms with E-state index in [-0.39, 0.29) is 0 Å². The van der Waals surface area contributed by atoms with Crippen LogP contribution in [-0.4, -0.2) is 19.1 Å². The third kappa shape index (κ3) is 2.14. The number of hydrogen-bond donors (Lipinski definition) is 2. The SMILES string of the molecule is Cc1cccc(-c2cccc3c2[C@@H]2CCNCC[C@@H]2N3)c1C. The molecule has 2 aliphatic heterocycles. The Kier molecular flexibility index (Phi) is 3.42. The highest BCUT2D eigenvalue weighted by Crippen LogP contribution is 2.45. The van der Waals surface area contributed by atoms with Gasteiger partial charge < -0.3 is 10.6 Å². The summed E-state index contributed by atoms with van der Waals surface area (Å²) in [5.74, 6) is 0.640. The Morgan fingerprint density at radius 1 is 0.909 bits per heavy atom. The molecule has 2 nitrogen and oxygen atoms in total. The second-order valence-electron chi connectivity index (χ2n) is 6.70. The van der Waals surface area contributed by atoms with Crippen LogP contribution in [0.25, 0.3) is 11.1 Å². The van der Waals surface area contributed by atoms with E-state index in [0.717, 1.165) is 13.1 Å². The molecular formula is C20H24N2. The highest BCUT2D eigenvalue weighted by Gasteiger charge is 2.34. The molecule has 0 amide bonds. The van der Waals surface area contributed by atoms with Gasteiger partial charge in [0.25, 0.3) is 0 Å². The zero-order valence-electron chi connectivity index (χ0n) is 13.4. The van der Waals surface area contributed by atoms with Crippen LogP contribution in [0.1, 0.15) is 35.4 Å². The van der Waals surface area contributed by atoms with Crippen molar-refractivity contribution in [3.05, 3.63) is 53.1 Å². The average molecular weight is 292 g/mol. The fourth-order valence-corrected chi connectivity index (χ4v) is 4.13. The maximum absolute atomic E-state index is 3.78. The Bertz CT molecular complexity index is 705. The van der Waals surface area contributed by atoms with E-state index in [4.69, 9.17) is 0 Å². The highest BCUT2D eigenvalue weighted by molar-refractivity contribution is 5.79. The normalized spacial score (nSPS) is 23.4. The van der Waals surface area contributed by atoms with Gasteiger partial charge in [-0.2, -0.15) is 0 Å². The minimum absolute atomic E-state index is 0.594. The molecule has 1 saturated heterocycles. The van der Waals surface area contributed by atoms with Crippen molar-refractivity contribution in [1.29, 1.82) is 0 Å². The van der Waals surface area contributed by atoms with Gasteiger partial charge in [-0.1, -0.05) is 30.3 Å². The van der Waals surface area contributed by atoms with Crippen LogP contribution >= 0.6 is 0 Å². The second kappa shape index (κ2) is 5.44. The number of aryl methyl sites for hydroxylation is 1. The van der Waals surface area contributed by atoms with Gasteiger partial charge in [0.1, 0.15) is 0 Å². The monoisotopic (exact) mass is 292 g/mol. The van der Waals surface area contributed by atoms with Gasteiger partial charge in [0, 0.05) is 17.6 Å². The minimum Gasteiger partial charge on any atom is -0.381 e. The first-order valence-electron chi connectivity index (χ1n) is 8.42. The van der Waals surface area contributed by atoms with Crippen LogP contribution < -0.4 is 10.6 Å². The maximum Gasteiger partial charge on any atom is 0.0384 e. The summed E-state index contributed by atoms with van der Waals surface area (Å²) in [6, 6.07) is 14.0. The van der Waals surface area contributed by atoms with E-state index in [2.05, 4.69) is 60.9 Å². The lowest BCUT2D eigenvalue weighted by molar-refractivity contribution is 0.579. The van der Waals surface area contributed by atoms with Crippen molar-refractivity contribution in [2.45, 2.75) is 38.6 Å². The summed E-state index contributed by atoms with van der Waals surface area (Å²) >= 11 is 0. The van der Waals surface area contributed by atoms with Crippen LogP contribution in [0.2, 0.25) is 0 Å². The van der Waals surface area contributed by atoms with Gasteiger partial charge in [-0.15, -0.1) is 0 Å². The smallest absolute Gasteiger partial charge is 0.0384 e. The van der Waals surface area contributed by atoms with Crippen molar-refractivity contribution in [3.63, 3.8) is 0 Å². The third-order valence-electron chi connectivity index (χ3n) is 5.46. The van der Waals surface area contributed by atoms with Gasteiger partial charge in [0.05, 0.1) is 0 Å². The van der Waals surface area contributed by atoms with Crippen molar-refractivity contribution in [3.8, 4) is 11.1 Å². The first-order chi connectivity index (χ1) is 10.8. The molecule has 2 aromatic carbocycles. The Hall–Kier alpha value is -1.80. The predicted octanol–water partition coefficient (Wildman–Crippen LogP) is 4.23. The molecule has 2 heteroatoms. The summed E-state index contributed by atoms with van der Waals surface area (Å²) in [4.78, 5) is 0. The van der Waals surface area contributed by atoms with Gasteiger partial charge >= 0.3 is 0 Å². The van der Waals surface area contributed by atoms with Crippen molar-refractivity contribution < 1.29 is 0 Å². The Morgan fingerprint density at radius 3 is 2.59 bits per heavy atom. The molecule has 1 fully saturated rings. The van der Waals surface area contributed by atoms with E-state index in [9.17, 15) is 0 Å². The summed E-state index contributed by atoms with van der Waals surface area (Å²) < 4.78 is 0. The number of fused-ring (bicyclic) bond motifs is 3. The largest absolute Gasteiger partial charge is 0.381 e. The van der Waals surface area contributed by atoms with Crippen LogP contribution in [0.4, 0.5) is 5.69 Å². The molecule has 4 rings (SSSR count). The molecular weight excluding hydrogens is 268 g/mol. The van der Waals surface area contributed by atoms with Gasteiger partial charge in [-0.3, -0.25) is 0 Å². The molecule has 0 unspecified atom stereocenters. The summed E-state index contributed by atoms with van der Waals surface area (Å²) in [6.07, 6.45) is 2.44. The van der Waals surface area contributed by atoms with Gasteiger partial charge in [0.15, 0.2) is 0 Å². The van der Waals surface area contributed by atoms with E-state index in [0.29, 0.717) is 12.0 Å². The molecule has 0 bridgehead atoms. The minimum atomic E-state index is 0.594. The molecule has 114 valence electrons. The molecule has 0 aromatic heterocycles. The molecule has 0 aliphatic carbocycles. The molecule has 2 aromatic rings. The van der Waals surface area contributed by atoms with E-state index < -0.39 is 0 Å². The molecule has 2 aliphatic rings. The van der Waals surface area contributed by atoms with Crippen molar-refractivity contribution >= 4 is 5.69 Å². The van der Waals surface area contributed by atoms with Gasteiger partial charge in [-0.05, 0) is 73.7 Å². The van der Waals surface area contributed by atoms with Crippen LogP contribution in [0.15, 0.2) is 36.4 Å². The Morgan fingerprint density at radius 2 is 1.68 bits per heavy atom. The highest BCUT2D eigenvalue weighted by atomic mass is 15.0. The number of rotatable bonds is 1. The lowest BCUT2D eigenvalue weighted by atomic mass is 9.84. The zero-order chi connectivity index (χ0) is 15.1. The van der Waals surface area contributed by atoms with Crippen LogP contribution in [-0.2, 0) is 0 Å². The van der Waals surface area contributed by atoms with Gasteiger partial charge in [-0.25, -0.2) is 0 Å². The van der Waals surface area contributed by atoms with Crippen molar-refractivity contribution in [1.82, 2.24) is 5.32 Å². The second-order valence-corrected chi connectivity index (χ2v) is 6.70. The standard InChI is InChI=1S/C20H24N2/c1-13-5-3-6-15(14(13)2)16-7-4-8-19-20(16)17-9-11-21-12-10-18(17)22-19/h3-8,17-18,21-22H,9-12H2,1-2H3/t17-,18+/m1/s1. The van der Waals surface area contributed by atoms with E-state index in [1.165, 1.54) is 40.8 Å². The first kappa shape index (κ1) is 13.8. The molecule has 0 radical (unpaired) electrons. The summed E-state index contributed by atoms with van der Waals surface area (Å²) in [7, 11) is 0.